The van der Waals surface area contributed by atoms with E-state index in [4.69, 9.17) is 0 Å². The van der Waals surface area contributed by atoms with Gasteiger partial charge in [-0.3, -0.25) is 4.79 Å². The van der Waals surface area contributed by atoms with Gasteiger partial charge in [-0.1, -0.05) is 6.07 Å². The van der Waals surface area contributed by atoms with Crippen LogP contribution in [0.25, 0.3) is 0 Å². The van der Waals surface area contributed by atoms with Crippen molar-refractivity contribution >= 4 is 17.2 Å². The molecule has 4 heteroatoms. The Morgan fingerprint density at radius 3 is 2.47 bits per heavy atom. The molecular formula is C13H20N2OS. The predicted octanol–water partition coefficient (Wildman–Crippen LogP) is 1.80. The second kappa shape index (κ2) is 4.78. The second-order valence-electron chi connectivity index (χ2n) is 5.20. The minimum absolute atomic E-state index is 0.257. The summed E-state index contributed by atoms with van der Waals surface area (Å²) in [7, 11) is 2.10. The van der Waals surface area contributed by atoms with Gasteiger partial charge in [-0.25, -0.2) is 0 Å². The van der Waals surface area contributed by atoms with Crippen LogP contribution in [0, 0.1) is 0 Å². The Morgan fingerprint density at radius 2 is 1.94 bits per heavy atom. The summed E-state index contributed by atoms with van der Waals surface area (Å²) in [5.74, 6) is 0.257. The molecule has 1 aliphatic rings. The lowest BCUT2D eigenvalue weighted by Gasteiger charge is -2.37. The van der Waals surface area contributed by atoms with Gasteiger partial charge in [0.05, 0.1) is 5.41 Å². The molecule has 0 N–H and O–H groups in total. The van der Waals surface area contributed by atoms with Gasteiger partial charge in [-0.05, 0) is 32.3 Å². The van der Waals surface area contributed by atoms with Gasteiger partial charge in [0.2, 0.25) is 5.91 Å². The topological polar surface area (TPSA) is 23.6 Å². The van der Waals surface area contributed by atoms with E-state index < -0.39 is 0 Å². The largest absolute Gasteiger partial charge is 0.339 e. The van der Waals surface area contributed by atoms with Crippen LogP contribution in [0.4, 0.5) is 0 Å². The number of amides is 1. The summed E-state index contributed by atoms with van der Waals surface area (Å²) in [5, 5.41) is 2.04. The first-order chi connectivity index (χ1) is 8.01. The number of nitrogens with zero attached hydrogens (tertiary/aromatic N) is 2. The maximum Gasteiger partial charge on any atom is 0.233 e. The number of likely N-dealkylation sites (N-methyl/N-ethyl adjacent to an activating group) is 1. The first kappa shape index (κ1) is 12.6. The molecule has 94 valence electrons. The number of rotatable bonds is 2. The molecule has 3 nitrogen and oxygen atoms in total. The van der Waals surface area contributed by atoms with E-state index in [2.05, 4.69) is 18.0 Å². The molecule has 0 spiro atoms. The molecular weight excluding hydrogens is 232 g/mol. The number of carbonyl (C=O) groups excluding carboxylic acids is 1. The SMILES string of the molecule is CN1CCN(C(=O)C(C)(C)c2cccs2)CC1. The molecule has 0 bridgehead atoms. The summed E-state index contributed by atoms with van der Waals surface area (Å²) >= 11 is 1.66. The van der Waals surface area contributed by atoms with Crippen LogP contribution in [-0.2, 0) is 10.2 Å². The third-order valence-corrected chi connectivity index (χ3v) is 4.66. The summed E-state index contributed by atoms with van der Waals surface area (Å²) in [6.45, 7) is 7.71. The van der Waals surface area contributed by atoms with Gasteiger partial charge in [0.25, 0.3) is 0 Å². The van der Waals surface area contributed by atoms with Crippen molar-refractivity contribution in [2.24, 2.45) is 0 Å². The van der Waals surface area contributed by atoms with Crippen molar-refractivity contribution in [2.45, 2.75) is 19.3 Å². The highest BCUT2D eigenvalue weighted by Gasteiger charge is 2.35. The van der Waals surface area contributed by atoms with Crippen molar-refractivity contribution < 1.29 is 4.79 Å². The van der Waals surface area contributed by atoms with Crippen LogP contribution in [0.2, 0.25) is 0 Å². The van der Waals surface area contributed by atoms with Crippen LogP contribution in [0.15, 0.2) is 17.5 Å². The van der Waals surface area contributed by atoms with Crippen molar-refractivity contribution in [1.82, 2.24) is 9.80 Å². The number of hydrogen-bond donors (Lipinski definition) is 0. The van der Waals surface area contributed by atoms with E-state index in [1.54, 1.807) is 11.3 Å². The van der Waals surface area contributed by atoms with Crippen LogP contribution in [0.5, 0.6) is 0 Å². The molecule has 0 unspecified atom stereocenters. The Labute approximate surface area is 107 Å². The van der Waals surface area contributed by atoms with Crippen molar-refractivity contribution in [1.29, 1.82) is 0 Å². The first-order valence-electron chi connectivity index (χ1n) is 6.04. The normalized spacial score (nSPS) is 18.4. The van der Waals surface area contributed by atoms with Gasteiger partial charge in [0, 0.05) is 31.1 Å². The third-order valence-electron chi connectivity index (χ3n) is 3.46. The molecule has 1 amide bonds. The molecule has 2 rings (SSSR count). The zero-order valence-corrected chi connectivity index (χ0v) is 11.6. The summed E-state index contributed by atoms with van der Waals surface area (Å²) in [6, 6.07) is 4.07. The zero-order chi connectivity index (χ0) is 12.5. The van der Waals surface area contributed by atoms with Gasteiger partial charge < -0.3 is 9.80 Å². The Morgan fingerprint density at radius 1 is 1.29 bits per heavy atom. The summed E-state index contributed by atoms with van der Waals surface area (Å²) < 4.78 is 0. The smallest absolute Gasteiger partial charge is 0.233 e. The summed E-state index contributed by atoms with van der Waals surface area (Å²) in [4.78, 5) is 18.0. The molecule has 1 aromatic rings. The average molecular weight is 252 g/mol. The minimum atomic E-state index is -0.385. The monoisotopic (exact) mass is 252 g/mol. The molecule has 17 heavy (non-hydrogen) atoms. The van der Waals surface area contributed by atoms with Crippen molar-refractivity contribution in [2.75, 3.05) is 33.2 Å². The van der Waals surface area contributed by atoms with Crippen molar-refractivity contribution in [3.05, 3.63) is 22.4 Å². The van der Waals surface area contributed by atoms with Gasteiger partial charge >= 0.3 is 0 Å². The van der Waals surface area contributed by atoms with Crippen LogP contribution in [0.1, 0.15) is 18.7 Å². The number of piperazine rings is 1. The van der Waals surface area contributed by atoms with E-state index in [9.17, 15) is 4.79 Å². The lowest BCUT2D eigenvalue weighted by molar-refractivity contribution is -0.137. The molecule has 1 saturated heterocycles. The molecule has 0 aromatic carbocycles. The quantitative estimate of drug-likeness (QED) is 0.801. The predicted molar refractivity (Wildman–Crippen MR) is 71.4 cm³/mol. The molecule has 2 heterocycles. The van der Waals surface area contributed by atoms with Gasteiger partial charge in [0.15, 0.2) is 0 Å². The van der Waals surface area contributed by atoms with Crippen LogP contribution >= 0.6 is 11.3 Å². The Hall–Kier alpha value is -0.870. The second-order valence-corrected chi connectivity index (χ2v) is 6.15. The van der Waals surface area contributed by atoms with E-state index in [0.29, 0.717) is 0 Å². The zero-order valence-electron chi connectivity index (χ0n) is 10.8. The number of hydrogen-bond acceptors (Lipinski definition) is 3. The molecule has 0 atom stereocenters. The summed E-state index contributed by atoms with van der Waals surface area (Å²) in [5.41, 5.74) is -0.385. The van der Waals surface area contributed by atoms with Crippen LogP contribution in [-0.4, -0.2) is 48.9 Å². The van der Waals surface area contributed by atoms with Crippen molar-refractivity contribution in [3.8, 4) is 0 Å². The summed E-state index contributed by atoms with van der Waals surface area (Å²) in [6.07, 6.45) is 0. The highest BCUT2D eigenvalue weighted by atomic mass is 32.1. The third kappa shape index (κ3) is 2.53. The van der Waals surface area contributed by atoms with Gasteiger partial charge in [-0.2, -0.15) is 0 Å². The molecule has 1 fully saturated rings. The van der Waals surface area contributed by atoms with E-state index in [0.717, 1.165) is 31.1 Å². The first-order valence-corrected chi connectivity index (χ1v) is 6.91. The lowest BCUT2D eigenvalue weighted by Crippen LogP contribution is -2.52. The fourth-order valence-corrected chi connectivity index (χ4v) is 2.99. The van der Waals surface area contributed by atoms with Crippen LogP contribution < -0.4 is 0 Å². The molecule has 0 saturated carbocycles. The number of carbonyl (C=O) groups is 1. The Kier molecular flexibility index (Phi) is 3.54. The molecule has 0 radical (unpaired) electrons. The van der Waals surface area contributed by atoms with Gasteiger partial charge in [0.1, 0.15) is 0 Å². The van der Waals surface area contributed by atoms with Crippen LogP contribution in [0.3, 0.4) is 0 Å². The Balaban J connectivity index is 2.09. The molecule has 1 aliphatic heterocycles. The van der Waals surface area contributed by atoms with E-state index >= 15 is 0 Å². The maximum atomic E-state index is 12.5. The Bertz CT molecular complexity index is 378. The minimum Gasteiger partial charge on any atom is -0.339 e. The molecule has 0 aliphatic carbocycles. The number of thiophene rings is 1. The van der Waals surface area contributed by atoms with Gasteiger partial charge in [-0.15, -0.1) is 11.3 Å². The average Bonchev–Trinajstić information content (AvgIpc) is 2.83. The van der Waals surface area contributed by atoms with E-state index in [-0.39, 0.29) is 11.3 Å². The molecule has 1 aromatic heterocycles. The standard InChI is InChI=1S/C13H20N2OS/c1-13(2,11-5-4-10-17-11)12(16)15-8-6-14(3)7-9-15/h4-5,10H,6-9H2,1-3H3. The maximum absolute atomic E-state index is 12.5. The lowest BCUT2D eigenvalue weighted by atomic mass is 9.89. The highest BCUT2D eigenvalue weighted by Crippen LogP contribution is 2.29. The van der Waals surface area contributed by atoms with Crippen molar-refractivity contribution in [3.63, 3.8) is 0 Å². The fourth-order valence-electron chi connectivity index (χ4n) is 2.14. The highest BCUT2D eigenvalue weighted by molar-refractivity contribution is 7.10. The fraction of sp³-hybridized carbons (Fsp3) is 0.615. The van der Waals surface area contributed by atoms with E-state index in [1.807, 2.05) is 30.2 Å². The van der Waals surface area contributed by atoms with E-state index in [1.165, 1.54) is 0 Å².